The second kappa shape index (κ2) is 5.33. The Hall–Kier alpha value is -1.44. The van der Waals surface area contributed by atoms with Gasteiger partial charge in [-0.15, -0.1) is 0 Å². The van der Waals surface area contributed by atoms with Crippen LogP contribution in [0.25, 0.3) is 0 Å². The predicted octanol–water partition coefficient (Wildman–Crippen LogP) is 4.13. The Morgan fingerprint density at radius 2 is 2.05 bits per heavy atom. The molecule has 0 amide bonds. The molecule has 2 fully saturated rings. The SMILES string of the molecule is CC(C)=CC/C=C(\C)C1C=CC2(C=O)C3CC(=O)C(C3C)C12. The van der Waals surface area contributed by atoms with E-state index in [1.807, 2.05) is 0 Å². The molecular weight excluding hydrogens is 272 g/mol. The molecule has 0 aromatic heterocycles. The normalized spacial score (nSPS) is 42.6. The largest absolute Gasteiger partial charge is 0.302 e. The molecule has 22 heavy (non-hydrogen) atoms. The van der Waals surface area contributed by atoms with E-state index in [0.717, 1.165) is 12.7 Å². The van der Waals surface area contributed by atoms with Gasteiger partial charge in [-0.1, -0.05) is 42.4 Å². The molecule has 3 aliphatic rings. The molecule has 0 spiro atoms. The summed E-state index contributed by atoms with van der Waals surface area (Å²) in [6.07, 6.45) is 11.5. The third kappa shape index (κ3) is 2.00. The monoisotopic (exact) mass is 298 g/mol. The van der Waals surface area contributed by atoms with Gasteiger partial charge in [0.2, 0.25) is 0 Å². The van der Waals surface area contributed by atoms with Gasteiger partial charge in [0, 0.05) is 18.3 Å². The van der Waals surface area contributed by atoms with E-state index in [2.05, 4.69) is 52.0 Å². The zero-order valence-corrected chi connectivity index (χ0v) is 14.0. The summed E-state index contributed by atoms with van der Waals surface area (Å²) in [7, 11) is 0. The van der Waals surface area contributed by atoms with Gasteiger partial charge in [0.15, 0.2) is 0 Å². The first-order valence-corrected chi connectivity index (χ1v) is 8.40. The Morgan fingerprint density at radius 1 is 1.32 bits per heavy atom. The Bertz CT molecular complexity index is 591. The molecule has 0 heterocycles. The van der Waals surface area contributed by atoms with Crippen molar-refractivity contribution in [3.05, 3.63) is 35.5 Å². The lowest BCUT2D eigenvalue weighted by molar-refractivity contribution is -0.129. The van der Waals surface area contributed by atoms with E-state index in [1.165, 1.54) is 11.1 Å². The summed E-state index contributed by atoms with van der Waals surface area (Å²) in [6.45, 7) is 8.52. The number of ketones is 1. The van der Waals surface area contributed by atoms with Gasteiger partial charge in [-0.05, 0) is 44.9 Å². The third-order valence-corrected chi connectivity index (χ3v) is 6.28. The molecule has 3 rings (SSSR count). The molecule has 6 atom stereocenters. The summed E-state index contributed by atoms with van der Waals surface area (Å²) < 4.78 is 0. The van der Waals surface area contributed by atoms with Crippen LogP contribution in [0.4, 0.5) is 0 Å². The number of hydrogen-bond donors (Lipinski definition) is 0. The molecule has 0 radical (unpaired) electrons. The predicted molar refractivity (Wildman–Crippen MR) is 88.2 cm³/mol. The van der Waals surface area contributed by atoms with Crippen LogP contribution in [0.1, 0.15) is 40.5 Å². The second-order valence-corrected chi connectivity index (χ2v) is 7.66. The number of Topliss-reactive ketones (excluding diaryl/α,β-unsaturated/α-hetero) is 1. The van der Waals surface area contributed by atoms with Crippen LogP contribution in [0.5, 0.6) is 0 Å². The number of rotatable bonds is 4. The van der Waals surface area contributed by atoms with Crippen molar-refractivity contribution < 1.29 is 9.59 Å². The van der Waals surface area contributed by atoms with Crippen LogP contribution in [0.15, 0.2) is 35.5 Å². The first kappa shape index (κ1) is 15.5. The Balaban J connectivity index is 1.90. The smallest absolute Gasteiger partial charge is 0.136 e. The van der Waals surface area contributed by atoms with Crippen molar-refractivity contribution in [3.63, 3.8) is 0 Å². The van der Waals surface area contributed by atoms with Crippen molar-refractivity contribution in [2.24, 2.45) is 35.0 Å². The van der Waals surface area contributed by atoms with Crippen molar-refractivity contribution in [3.8, 4) is 0 Å². The molecule has 118 valence electrons. The molecule has 2 nitrogen and oxygen atoms in total. The van der Waals surface area contributed by atoms with Crippen molar-refractivity contribution >= 4 is 12.1 Å². The molecule has 0 aromatic carbocycles. The molecule has 3 aliphatic carbocycles. The number of fused-ring (bicyclic) bond motifs is 5. The van der Waals surface area contributed by atoms with Crippen LogP contribution in [0.2, 0.25) is 0 Å². The number of carbonyl (C=O) groups is 2. The van der Waals surface area contributed by atoms with Crippen LogP contribution in [-0.4, -0.2) is 12.1 Å². The summed E-state index contributed by atoms with van der Waals surface area (Å²) >= 11 is 0. The van der Waals surface area contributed by atoms with Crippen LogP contribution in [0.3, 0.4) is 0 Å². The minimum Gasteiger partial charge on any atom is -0.302 e. The van der Waals surface area contributed by atoms with E-state index in [9.17, 15) is 9.59 Å². The molecule has 2 heteroatoms. The van der Waals surface area contributed by atoms with Gasteiger partial charge in [0.25, 0.3) is 0 Å². The zero-order valence-electron chi connectivity index (χ0n) is 14.0. The lowest BCUT2D eigenvalue weighted by Gasteiger charge is -2.36. The maximum absolute atomic E-state index is 12.3. The Morgan fingerprint density at radius 3 is 2.68 bits per heavy atom. The lowest BCUT2D eigenvalue weighted by Crippen LogP contribution is -2.39. The standard InChI is InChI=1S/C20H26O2/c1-12(2)6-5-7-13(3)15-8-9-20(11-21)16-10-17(22)18(14(16)4)19(15)20/h6-9,11,14-16,18-19H,5,10H2,1-4H3/b13-7+. The average Bonchev–Trinajstić information content (AvgIpc) is 3.04. The lowest BCUT2D eigenvalue weighted by atomic mass is 9.65. The quantitative estimate of drug-likeness (QED) is 0.577. The fraction of sp³-hybridized carbons (Fsp3) is 0.600. The minimum absolute atomic E-state index is 0.0713. The van der Waals surface area contributed by atoms with E-state index >= 15 is 0 Å². The number of aldehydes is 1. The molecule has 0 saturated heterocycles. The zero-order chi connectivity index (χ0) is 16.1. The Labute approximate surface area is 133 Å². The molecule has 6 unspecified atom stereocenters. The average molecular weight is 298 g/mol. The number of allylic oxidation sites excluding steroid dienone is 6. The van der Waals surface area contributed by atoms with Gasteiger partial charge < -0.3 is 4.79 Å². The molecule has 0 aromatic rings. The van der Waals surface area contributed by atoms with Crippen LogP contribution >= 0.6 is 0 Å². The van der Waals surface area contributed by atoms with Crippen LogP contribution in [0, 0.1) is 35.0 Å². The first-order valence-electron chi connectivity index (χ1n) is 8.40. The highest BCUT2D eigenvalue weighted by Crippen LogP contribution is 2.66. The summed E-state index contributed by atoms with van der Waals surface area (Å²) in [6, 6.07) is 0. The summed E-state index contributed by atoms with van der Waals surface area (Å²) in [5, 5.41) is 0. The second-order valence-electron chi connectivity index (χ2n) is 7.66. The van der Waals surface area contributed by atoms with E-state index in [1.54, 1.807) is 0 Å². The molecule has 2 saturated carbocycles. The van der Waals surface area contributed by atoms with Crippen molar-refractivity contribution in [1.29, 1.82) is 0 Å². The first-order chi connectivity index (χ1) is 10.4. The highest BCUT2D eigenvalue weighted by Gasteiger charge is 2.67. The maximum atomic E-state index is 12.3. The molecule has 0 N–H and O–H groups in total. The third-order valence-electron chi connectivity index (χ3n) is 6.28. The van der Waals surface area contributed by atoms with E-state index in [4.69, 9.17) is 0 Å². The highest BCUT2D eigenvalue weighted by atomic mass is 16.1. The van der Waals surface area contributed by atoms with Crippen LogP contribution in [-0.2, 0) is 9.59 Å². The van der Waals surface area contributed by atoms with Crippen molar-refractivity contribution in [2.45, 2.75) is 40.5 Å². The van der Waals surface area contributed by atoms with Crippen molar-refractivity contribution in [1.82, 2.24) is 0 Å². The summed E-state index contributed by atoms with van der Waals surface area (Å²) in [5.74, 6) is 1.43. The van der Waals surface area contributed by atoms with Gasteiger partial charge in [-0.3, -0.25) is 4.79 Å². The number of hydrogen-bond acceptors (Lipinski definition) is 2. The van der Waals surface area contributed by atoms with E-state index < -0.39 is 0 Å². The summed E-state index contributed by atoms with van der Waals surface area (Å²) in [4.78, 5) is 24.3. The highest BCUT2D eigenvalue weighted by molar-refractivity contribution is 5.89. The van der Waals surface area contributed by atoms with Gasteiger partial charge in [0.1, 0.15) is 12.1 Å². The van der Waals surface area contributed by atoms with Gasteiger partial charge in [-0.2, -0.15) is 0 Å². The van der Waals surface area contributed by atoms with Gasteiger partial charge in [0.05, 0.1) is 5.41 Å². The summed E-state index contributed by atoms with van der Waals surface area (Å²) in [5.41, 5.74) is 2.24. The minimum atomic E-state index is -0.381. The molecular formula is C20H26O2. The van der Waals surface area contributed by atoms with E-state index in [-0.39, 0.29) is 29.1 Å². The maximum Gasteiger partial charge on any atom is 0.136 e. The molecule has 0 aliphatic heterocycles. The number of carbonyl (C=O) groups excluding carboxylic acids is 2. The molecule has 2 bridgehead atoms. The van der Waals surface area contributed by atoms with E-state index in [0.29, 0.717) is 18.1 Å². The Kier molecular flexibility index (Phi) is 3.74. The van der Waals surface area contributed by atoms with Gasteiger partial charge in [-0.25, -0.2) is 0 Å². The fourth-order valence-corrected chi connectivity index (χ4v) is 5.22. The van der Waals surface area contributed by atoms with Crippen molar-refractivity contribution in [2.75, 3.05) is 0 Å². The fourth-order valence-electron chi connectivity index (χ4n) is 5.22. The van der Waals surface area contributed by atoms with Crippen LogP contribution < -0.4 is 0 Å². The topological polar surface area (TPSA) is 34.1 Å². The van der Waals surface area contributed by atoms with Gasteiger partial charge >= 0.3 is 0 Å².